The molecule has 0 bridgehead atoms. The molecule has 1 aromatic heterocycles. The number of benzene rings is 5. The molecule has 1 heterocycles. The minimum Gasteiger partial charge on any atom is -0.309 e. The molecule has 0 atom stereocenters. The molecule has 0 saturated heterocycles. The van der Waals surface area contributed by atoms with Gasteiger partial charge in [-0.3, -0.25) is 0 Å². The quantitative estimate of drug-likeness (QED) is 0.217. The third-order valence-electron chi connectivity index (χ3n) is 7.66. The maximum absolute atomic E-state index is 3.67. The van der Waals surface area contributed by atoms with Crippen LogP contribution in [0.4, 0.5) is 0 Å². The van der Waals surface area contributed by atoms with Crippen LogP contribution >= 0.6 is 15.9 Å². The number of rotatable bonds is 2. The Labute approximate surface area is 213 Å². The molecule has 1 nitrogen and oxygen atoms in total. The third kappa shape index (κ3) is 3.00. The lowest BCUT2D eigenvalue weighted by Crippen LogP contribution is -2.14. The van der Waals surface area contributed by atoms with Crippen molar-refractivity contribution < 1.29 is 0 Å². The lowest BCUT2D eigenvalue weighted by atomic mass is 9.82. The lowest BCUT2D eigenvalue weighted by molar-refractivity contribution is 0.660. The Morgan fingerprint density at radius 3 is 2.14 bits per heavy atom. The second-order valence-corrected chi connectivity index (χ2v) is 10.9. The first kappa shape index (κ1) is 20.7. The number of hydrogen-bond acceptors (Lipinski definition) is 0. The zero-order valence-corrected chi connectivity index (χ0v) is 21.3. The van der Waals surface area contributed by atoms with Crippen LogP contribution in [-0.4, -0.2) is 4.57 Å². The Bertz CT molecular complexity index is 1770. The van der Waals surface area contributed by atoms with Gasteiger partial charge < -0.3 is 4.57 Å². The van der Waals surface area contributed by atoms with Gasteiger partial charge >= 0.3 is 0 Å². The summed E-state index contributed by atoms with van der Waals surface area (Å²) in [7, 11) is 0. The van der Waals surface area contributed by atoms with Crippen molar-refractivity contribution in [2.45, 2.75) is 19.3 Å². The van der Waals surface area contributed by atoms with Gasteiger partial charge in [0.15, 0.2) is 0 Å². The molecule has 5 aromatic carbocycles. The second-order valence-electron chi connectivity index (χ2n) is 10.00. The molecule has 1 aliphatic rings. The fourth-order valence-corrected chi connectivity index (χ4v) is 6.27. The van der Waals surface area contributed by atoms with E-state index in [4.69, 9.17) is 0 Å². The average Bonchev–Trinajstić information content (AvgIpc) is 3.33. The summed E-state index contributed by atoms with van der Waals surface area (Å²) in [6.45, 7) is 4.66. The van der Waals surface area contributed by atoms with Crippen LogP contribution in [0.3, 0.4) is 0 Å². The third-order valence-corrected chi connectivity index (χ3v) is 8.15. The van der Waals surface area contributed by atoms with Gasteiger partial charge in [-0.25, -0.2) is 0 Å². The highest BCUT2D eigenvalue weighted by molar-refractivity contribution is 9.10. The fourth-order valence-electron chi connectivity index (χ4n) is 5.91. The summed E-state index contributed by atoms with van der Waals surface area (Å²) in [4.78, 5) is 0. The van der Waals surface area contributed by atoms with Crippen LogP contribution in [0.5, 0.6) is 0 Å². The summed E-state index contributed by atoms with van der Waals surface area (Å²) in [5.41, 5.74) is 11.6. The summed E-state index contributed by atoms with van der Waals surface area (Å²) in [6.07, 6.45) is 0. The maximum Gasteiger partial charge on any atom is 0.0547 e. The Morgan fingerprint density at radius 1 is 0.571 bits per heavy atom. The van der Waals surface area contributed by atoms with Crippen molar-refractivity contribution in [3.8, 4) is 27.9 Å². The van der Waals surface area contributed by atoms with Crippen LogP contribution in [0.1, 0.15) is 25.0 Å². The van der Waals surface area contributed by atoms with Gasteiger partial charge in [-0.05, 0) is 75.8 Å². The molecule has 0 saturated carbocycles. The highest BCUT2D eigenvalue weighted by Crippen LogP contribution is 2.50. The highest BCUT2D eigenvalue weighted by atomic mass is 79.9. The first-order valence-corrected chi connectivity index (χ1v) is 12.9. The van der Waals surface area contributed by atoms with E-state index in [9.17, 15) is 0 Å². The van der Waals surface area contributed by atoms with Gasteiger partial charge in [0.1, 0.15) is 0 Å². The minimum absolute atomic E-state index is 0.00331. The van der Waals surface area contributed by atoms with Gasteiger partial charge in [-0.2, -0.15) is 0 Å². The van der Waals surface area contributed by atoms with Gasteiger partial charge in [-0.1, -0.05) is 96.5 Å². The van der Waals surface area contributed by atoms with Crippen molar-refractivity contribution in [3.05, 3.63) is 125 Å². The van der Waals surface area contributed by atoms with Crippen LogP contribution in [0, 0.1) is 0 Å². The van der Waals surface area contributed by atoms with Crippen molar-refractivity contribution in [3.63, 3.8) is 0 Å². The normalized spacial score (nSPS) is 13.8. The average molecular weight is 514 g/mol. The summed E-state index contributed by atoms with van der Waals surface area (Å²) in [5.74, 6) is 0. The zero-order valence-electron chi connectivity index (χ0n) is 19.7. The van der Waals surface area contributed by atoms with Crippen LogP contribution < -0.4 is 0 Å². The lowest BCUT2D eigenvalue weighted by Gasteiger charge is -2.21. The Balaban J connectivity index is 1.46. The molecule has 0 fully saturated rings. The van der Waals surface area contributed by atoms with E-state index in [1.807, 2.05) is 0 Å². The van der Waals surface area contributed by atoms with Crippen LogP contribution in [0.25, 0.3) is 49.7 Å². The molecule has 1 aliphatic carbocycles. The van der Waals surface area contributed by atoms with Crippen LogP contribution in [-0.2, 0) is 5.41 Å². The van der Waals surface area contributed by atoms with E-state index in [0.717, 1.165) is 4.47 Å². The Hall–Kier alpha value is -3.62. The molecule has 2 heteroatoms. The van der Waals surface area contributed by atoms with Gasteiger partial charge in [0.25, 0.3) is 0 Å². The highest BCUT2D eigenvalue weighted by Gasteiger charge is 2.35. The van der Waals surface area contributed by atoms with Gasteiger partial charge in [0.05, 0.1) is 11.0 Å². The molecule has 0 amide bonds. The largest absolute Gasteiger partial charge is 0.309 e. The number of aromatic nitrogens is 1. The number of hydrogen-bond donors (Lipinski definition) is 0. The van der Waals surface area contributed by atoms with Crippen molar-refractivity contribution in [1.82, 2.24) is 4.57 Å². The smallest absolute Gasteiger partial charge is 0.0547 e. The van der Waals surface area contributed by atoms with Crippen LogP contribution in [0.15, 0.2) is 114 Å². The van der Waals surface area contributed by atoms with Crippen LogP contribution in [0.2, 0.25) is 0 Å². The van der Waals surface area contributed by atoms with E-state index >= 15 is 0 Å². The van der Waals surface area contributed by atoms with Gasteiger partial charge in [0.2, 0.25) is 0 Å². The molecule has 168 valence electrons. The van der Waals surface area contributed by atoms with Gasteiger partial charge in [0, 0.05) is 26.3 Å². The van der Waals surface area contributed by atoms with Crippen molar-refractivity contribution in [1.29, 1.82) is 0 Å². The summed E-state index contributed by atoms with van der Waals surface area (Å²) in [6, 6.07) is 40.0. The number of nitrogens with zero attached hydrogens (tertiary/aromatic N) is 1. The minimum atomic E-state index is -0.00331. The predicted molar refractivity (Wildman–Crippen MR) is 151 cm³/mol. The zero-order chi connectivity index (χ0) is 23.7. The van der Waals surface area contributed by atoms with Crippen molar-refractivity contribution >= 4 is 37.7 Å². The number of fused-ring (bicyclic) bond motifs is 6. The van der Waals surface area contributed by atoms with E-state index in [1.54, 1.807) is 0 Å². The molecule has 0 aliphatic heterocycles. The van der Waals surface area contributed by atoms with E-state index in [2.05, 4.69) is 144 Å². The second kappa shape index (κ2) is 7.44. The monoisotopic (exact) mass is 513 g/mol. The number of para-hydroxylation sites is 2. The molecule has 0 spiro atoms. The molecule has 0 radical (unpaired) electrons. The van der Waals surface area contributed by atoms with Crippen molar-refractivity contribution in [2.75, 3.05) is 0 Å². The molecule has 35 heavy (non-hydrogen) atoms. The molecule has 7 rings (SSSR count). The molecule has 0 N–H and O–H groups in total. The first-order chi connectivity index (χ1) is 17.0. The Kier molecular flexibility index (Phi) is 4.40. The number of halogens is 1. The van der Waals surface area contributed by atoms with E-state index in [-0.39, 0.29) is 5.41 Å². The van der Waals surface area contributed by atoms with Crippen molar-refractivity contribution in [2.24, 2.45) is 0 Å². The predicted octanol–water partition coefficient (Wildman–Crippen LogP) is 9.52. The summed E-state index contributed by atoms with van der Waals surface area (Å²) in [5, 5.41) is 2.57. The van der Waals surface area contributed by atoms with Gasteiger partial charge in [-0.15, -0.1) is 0 Å². The van der Waals surface area contributed by atoms with E-state index in [1.165, 1.54) is 60.9 Å². The van der Waals surface area contributed by atoms with E-state index in [0.29, 0.717) is 0 Å². The first-order valence-electron chi connectivity index (χ1n) is 12.1. The Morgan fingerprint density at radius 2 is 1.29 bits per heavy atom. The van der Waals surface area contributed by atoms with E-state index < -0.39 is 0 Å². The molecular weight excluding hydrogens is 490 g/mol. The molecule has 0 unspecified atom stereocenters. The maximum atomic E-state index is 3.67. The summed E-state index contributed by atoms with van der Waals surface area (Å²) < 4.78 is 3.52. The standard InChI is InChI=1S/C33H24BrN/c1-33(2)29-17-13-21(18-28(29)25-16-14-23(34)20-30(25)33)22-12-15-27-26-10-6-7-11-31(26)35(32(27)19-22)24-8-4-3-5-9-24/h3-20H,1-2H3. The molecule has 6 aromatic rings. The fraction of sp³-hybridized carbons (Fsp3) is 0.0909. The summed E-state index contributed by atoms with van der Waals surface area (Å²) >= 11 is 3.67. The SMILES string of the molecule is CC1(C)c2ccc(-c3ccc4c5ccccc5n(-c5ccccc5)c4c3)cc2-c2ccc(Br)cc21. The molecular formula is C33H24BrN. The topological polar surface area (TPSA) is 4.93 Å².